The molecule has 1 aliphatic rings. The molecule has 0 fully saturated rings. The third-order valence-corrected chi connectivity index (χ3v) is 5.82. The van der Waals surface area contributed by atoms with Gasteiger partial charge in [0.25, 0.3) is 0 Å². The Kier molecular flexibility index (Phi) is 4.61. The van der Waals surface area contributed by atoms with E-state index in [9.17, 15) is 9.59 Å². The summed E-state index contributed by atoms with van der Waals surface area (Å²) < 4.78 is 1.83. The Labute approximate surface area is 177 Å². The second kappa shape index (κ2) is 7.57. The predicted octanol–water partition coefficient (Wildman–Crippen LogP) is 4.99. The van der Waals surface area contributed by atoms with E-state index in [1.165, 1.54) is 0 Å². The Balaban J connectivity index is 1.47. The van der Waals surface area contributed by atoms with Gasteiger partial charge in [0.15, 0.2) is 5.78 Å². The molecule has 0 spiro atoms. The summed E-state index contributed by atoms with van der Waals surface area (Å²) in [6, 6.07) is 19.2. The molecule has 5 rings (SSSR count). The summed E-state index contributed by atoms with van der Waals surface area (Å²) in [7, 11) is 0. The van der Waals surface area contributed by atoms with Crippen molar-refractivity contribution in [2.75, 3.05) is 5.32 Å². The van der Waals surface area contributed by atoms with Crippen LogP contribution in [0.4, 0.5) is 5.69 Å². The zero-order valence-electron chi connectivity index (χ0n) is 15.9. The average Bonchev–Trinajstić information content (AvgIpc) is 3.50. The fourth-order valence-electron chi connectivity index (χ4n) is 3.47. The van der Waals surface area contributed by atoms with E-state index in [0.29, 0.717) is 12.0 Å². The predicted molar refractivity (Wildman–Crippen MR) is 119 cm³/mol. The van der Waals surface area contributed by atoms with Crippen molar-refractivity contribution in [3.63, 3.8) is 0 Å². The molecule has 4 aromatic rings. The molecule has 0 radical (unpaired) electrons. The molecule has 0 bridgehead atoms. The van der Waals surface area contributed by atoms with Gasteiger partial charge in [-0.25, -0.2) is 4.68 Å². The number of hydrogen-bond acceptors (Lipinski definition) is 4. The number of aromatic nitrogens is 2. The molecule has 0 unspecified atom stereocenters. The van der Waals surface area contributed by atoms with Crippen LogP contribution in [0.5, 0.6) is 0 Å². The summed E-state index contributed by atoms with van der Waals surface area (Å²) in [4.78, 5) is 25.3. The third-order valence-electron chi connectivity index (χ3n) is 4.95. The molecular weight excluding hydrogens is 394 g/mol. The Morgan fingerprint density at radius 3 is 2.77 bits per heavy atom. The Morgan fingerprint density at radius 1 is 1.10 bits per heavy atom. The standard InChI is InChI=1S/C24H17N3O2S/c28-21(16-8-10-20-18(13-16)14-23(29)25-20)11-9-17-15-27(19-5-2-1-3-6-19)26-24(17)22-7-4-12-30-22/h1-13,15H,14H2,(H,25,29)/b11-9+. The van der Waals surface area contributed by atoms with Crippen molar-refractivity contribution in [3.05, 3.63) is 95.0 Å². The normalized spacial score (nSPS) is 12.9. The third kappa shape index (κ3) is 3.49. The van der Waals surface area contributed by atoms with Gasteiger partial charge in [-0.1, -0.05) is 24.3 Å². The number of carbonyl (C=O) groups is 2. The molecule has 0 saturated heterocycles. The van der Waals surface area contributed by atoms with Crippen LogP contribution in [0, 0.1) is 0 Å². The van der Waals surface area contributed by atoms with Gasteiger partial charge in [0.2, 0.25) is 5.91 Å². The lowest BCUT2D eigenvalue weighted by Gasteiger charge is -2.01. The van der Waals surface area contributed by atoms with E-state index in [2.05, 4.69) is 5.32 Å². The van der Waals surface area contributed by atoms with Crippen molar-refractivity contribution in [1.82, 2.24) is 9.78 Å². The van der Waals surface area contributed by atoms with Crippen LogP contribution in [0.3, 0.4) is 0 Å². The molecule has 0 aliphatic carbocycles. The van der Waals surface area contributed by atoms with Crippen LogP contribution in [0.25, 0.3) is 22.3 Å². The number of anilines is 1. The minimum Gasteiger partial charge on any atom is -0.326 e. The SMILES string of the molecule is O=C1Cc2cc(C(=O)/C=C/c3cn(-c4ccccc4)nc3-c3cccs3)ccc2N1. The number of fused-ring (bicyclic) bond motifs is 1. The molecule has 30 heavy (non-hydrogen) atoms. The largest absolute Gasteiger partial charge is 0.326 e. The fraction of sp³-hybridized carbons (Fsp3) is 0.0417. The van der Waals surface area contributed by atoms with Gasteiger partial charge in [0.05, 0.1) is 17.0 Å². The first-order valence-electron chi connectivity index (χ1n) is 9.51. The van der Waals surface area contributed by atoms with Gasteiger partial charge in [-0.15, -0.1) is 11.3 Å². The maximum absolute atomic E-state index is 12.8. The smallest absolute Gasteiger partial charge is 0.228 e. The minimum absolute atomic E-state index is 0.0425. The zero-order chi connectivity index (χ0) is 20.5. The van der Waals surface area contributed by atoms with Crippen LogP contribution in [-0.2, 0) is 11.2 Å². The van der Waals surface area contributed by atoms with Crippen LogP contribution >= 0.6 is 11.3 Å². The summed E-state index contributed by atoms with van der Waals surface area (Å²) in [6.45, 7) is 0. The summed E-state index contributed by atoms with van der Waals surface area (Å²) in [6.07, 6.45) is 5.61. The van der Waals surface area contributed by atoms with Crippen LogP contribution in [0.2, 0.25) is 0 Å². The maximum Gasteiger partial charge on any atom is 0.228 e. The van der Waals surface area contributed by atoms with E-state index in [4.69, 9.17) is 5.10 Å². The monoisotopic (exact) mass is 411 g/mol. The number of nitrogens with one attached hydrogen (secondary N) is 1. The van der Waals surface area contributed by atoms with Gasteiger partial charge >= 0.3 is 0 Å². The van der Waals surface area contributed by atoms with Gasteiger partial charge in [-0.3, -0.25) is 9.59 Å². The number of benzene rings is 2. The quantitative estimate of drug-likeness (QED) is 0.372. The van der Waals surface area contributed by atoms with E-state index in [-0.39, 0.29) is 11.7 Å². The van der Waals surface area contributed by atoms with Gasteiger partial charge in [0.1, 0.15) is 5.69 Å². The van der Waals surface area contributed by atoms with Gasteiger partial charge in [-0.2, -0.15) is 5.10 Å². The Morgan fingerprint density at radius 2 is 1.97 bits per heavy atom. The van der Waals surface area contributed by atoms with E-state index >= 15 is 0 Å². The maximum atomic E-state index is 12.8. The molecule has 1 N–H and O–H groups in total. The summed E-state index contributed by atoms with van der Waals surface area (Å²) in [5, 5.41) is 9.54. The number of ketones is 1. The zero-order valence-corrected chi connectivity index (χ0v) is 16.7. The highest BCUT2D eigenvalue weighted by Crippen LogP contribution is 2.29. The number of allylic oxidation sites excluding steroid dienone is 1. The van der Waals surface area contributed by atoms with Crippen LogP contribution < -0.4 is 5.32 Å². The first kappa shape index (κ1) is 18.3. The average molecular weight is 411 g/mol. The first-order chi connectivity index (χ1) is 14.7. The minimum atomic E-state index is -0.110. The molecule has 0 atom stereocenters. The highest BCUT2D eigenvalue weighted by Gasteiger charge is 2.18. The molecule has 2 aromatic heterocycles. The van der Waals surface area contributed by atoms with Crippen molar-refractivity contribution >= 4 is 34.8 Å². The van der Waals surface area contributed by atoms with E-state index in [0.717, 1.165) is 33.1 Å². The molecule has 2 aromatic carbocycles. The summed E-state index contributed by atoms with van der Waals surface area (Å²) in [5.74, 6) is -0.152. The summed E-state index contributed by atoms with van der Waals surface area (Å²) >= 11 is 1.61. The van der Waals surface area contributed by atoms with Crippen LogP contribution in [0.15, 0.2) is 78.3 Å². The van der Waals surface area contributed by atoms with Crippen LogP contribution in [0.1, 0.15) is 21.5 Å². The van der Waals surface area contributed by atoms with Crippen molar-refractivity contribution in [2.24, 2.45) is 0 Å². The number of thiophene rings is 1. The van der Waals surface area contributed by atoms with E-state index < -0.39 is 0 Å². The van der Waals surface area contributed by atoms with Crippen molar-refractivity contribution in [3.8, 4) is 16.3 Å². The number of rotatable bonds is 5. The fourth-order valence-corrected chi connectivity index (χ4v) is 4.20. The Hall–Kier alpha value is -3.77. The summed E-state index contributed by atoms with van der Waals surface area (Å²) in [5.41, 5.74) is 4.86. The second-order valence-corrected chi connectivity index (χ2v) is 7.93. The number of para-hydroxylation sites is 1. The first-order valence-corrected chi connectivity index (χ1v) is 10.4. The molecule has 6 heteroatoms. The lowest BCUT2D eigenvalue weighted by Crippen LogP contribution is -2.03. The van der Waals surface area contributed by atoms with Crippen LogP contribution in [-0.4, -0.2) is 21.5 Å². The molecular formula is C24H17N3O2S. The molecule has 1 aliphatic heterocycles. The number of hydrogen-bond donors (Lipinski definition) is 1. The lowest BCUT2D eigenvalue weighted by molar-refractivity contribution is -0.115. The highest BCUT2D eigenvalue weighted by atomic mass is 32.1. The van der Waals surface area contributed by atoms with Crippen molar-refractivity contribution < 1.29 is 9.59 Å². The number of nitrogens with zero attached hydrogens (tertiary/aromatic N) is 2. The molecule has 0 saturated carbocycles. The Bertz CT molecular complexity index is 1270. The number of carbonyl (C=O) groups excluding carboxylic acids is 2. The highest BCUT2D eigenvalue weighted by molar-refractivity contribution is 7.13. The lowest BCUT2D eigenvalue weighted by atomic mass is 10.0. The molecule has 3 heterocycles. The van der Waals surface area contributed by atoms with E-state index in [1.54, 1.807) is 41.7 Å². The van der Waals surface area contributed by atoms with E-state index in [1.807, 2.05) is 58.7 Å². The van der Waals surface area contributed by atoms with Gasteiger partial charge in [-0.05, 0) is 59.5 Å². The van der Waals surface area contributed by atoms with Crippen molar-refractivity contribution in [1.29, 1.82) is 0 Å². The van der Waals surface area contributed by atoms with Gasteiger partial charge < -0.3 is 5.32 Å². The topological polar surface area (TPSA) is 64.0 Å². The van der Waals surface area contributed by atoms with Gasteiger partial charge in [0, 0.05) is 23.0 Å². The number of amides is 1. The second-order valence-electron chi connectivity index (χ2n) is 6.98. The molecule has 146 valence electrons. The molecule has 1 amide bonds. The molecule has 5 nitrogen and oxygen atoms in total. The van der Waals surface area contributed by atoms with Crippen molar-refractivity contribution in [2.45, 2.75) is 6.42 Å².